The molecule has 0 saturated carbocycles. The van der Waals surface area contributed by atoms with Crippen molar-refractivity contribution < 1.29 is 0 Å². The lowest BCUT2D eigenvalue weighted by Gasteiger charge is -2.08. The molecule has 2 rings (SSSR count). The van der Waals surface area contributed by atoms with E-state index in [1.54, 1.807) is 18.7 Å². The second-order valence-corrected chi connectivity index (χ2v) is 3.85. The normalized spacial score (nSPS) is 11.8. The molecule has 0 aliphatic rings. The Labute approximate surface area is 105 Å². The van der Waals surface area contributed by atoms with Crippen LogP contribution in [0, 0.1) is 0 Å². The molecule has 1 aromatic heterocycles. The molecule has 18 heavy (non-hydrogen) atoms. The van der Waals surface area contributed by atoms with Crippen molar-refractivity contribution in [1.82, 2.24) is 20.2 Å². The molecule has 0 aliphatic heterocycles. The average Bonchev–Trinajstić information content (AvgIpc) is 2.71. The third-order valence-corrected chi connectivity index (χ3v) is 2.77. The number of guanidine groups is 1. The molecular weight excluding hydrogens is 230 g/mol. The van der Waals surface area contributed by atoms with Gasteiger partial charge in [-0.05, 0) is 12.1 Å². The van der Waals surface area contributed by atoms with Gasteiger partial charge in [0.1, 0.15) is 0 Å². The Morgan fingerprint density at radius 1 is 1.44 bits per heavy atom. The van der Waals surface area contributed by atoms with Crippen LogP contribution in [0.15, 0.2) is 34.1 Å². The second-order valence-electron chi connectivity index (χ2n) is 3.85. The molecule has 1 heterocycles. The van der Waals surface area contributed by atoms with Gasteiger partial charge in [0.25, 0.3) is 0 Å². The van der Waals surface area contributed by atoms with Gasteiger partial charge < -0.3 is 15.6 Å². The quantitative estimate of drug-likeness (QED) is 0.533. The van der Waals surface area contributed by atoms with Crippen molar-refractivity contribution in [3.63, 3.8) is 0 Å². The maximum atomic E-state index is 11.8. The zero-order valence-corrected chi connectivity index (χ0v) is 10.5. The fourth-order valence-electron chi connectivity index (χ4n) is 1.89. The highest BCUT2D eigenvalue weighted by Gasteiger charge is 2.05. The van der Waals surface area contributed by atoms with Crippen molar-refractivity contribution in [2.75, 3.05) is 20.6 Å². The van der Waals surface area contributed by atoms with Crippen LogP contribution < -0.4 is 16.3 Å². The van der Waals surface area contributed by atoms with Crippen LogP contribution in [0.3, 0.4) is 0 Å². The van der Waals surface area contributed by atoms with Gasteiger partial charge in [-0.1, -0.05) is 12.1 Å². The molecule has 96 valence electrons. The van der Waals surface area contributed by atoms with E-state index >= 15 is 0 Å². The van der Waals surface area contributed by atoms with E-state index in [0.29, 0.717) is 19.0 Å². The molecule has 2 aromatic rings. The highest BCUT2D eigenvalue weighted by atomic mass is 16.1. The number of hydrogen-bond donors (Lipinski definition) is 3. The Balaban J connectivity index is 2.12. The number of nitrogens with zero attached hydrogens (tertiary/aromatic N) is 2. The fraction of sp³-hybridized carbons (Fsp3) is 0.333. The van der Waals surface area contributed by atoms with Crippen LogP contribution in [0.2, 0.25) is 0 Å². The molecule has 6 nitrogen and oxygen atoms in total. The number of hydrogen-bond acceptors (Lipinski definition) is 2. The summed E-state index contributed by atoms with van der Waals surface area (Å²) in [4.78, 5) is 18.6. The van der Waals surface area contributed by atoms with Crippen molar-refractivity contribution >= 4 is 17.0 Å². The lowest BCUT2D eigenvalue weighted by molar-refractivity contribution is 0.663. The van der Waals surface area contributed by atoms with E-state index in [1.165, 1.54) is 0 Å². The number of para-hydroxylation sites is 2. The lowest BCUT2D eigenvalue weighted by atomic mass is 10.3. The number of H-pyrrole nitrogens is 1. The SMILES string of the molecule is CN=C(NC)NCCn1c(=O)[nH]c2ccccc21. The number of imidazole rings is 1. The minimum atomic E-state index is -0.0857. The van der Waals surface area contributed by atoms with Crippen LogP contribution in [0.4, 0.5) is 0 Å². The van der Waals surface area contributed by atoms with E-state index < -0.39 is 0 Å². The standard InChI is InChI=1S/C12H17N5O/c1-13-11(14-2)15-7-8-17-10-6-4-3-5-9(10)16-12(17)18/h3-6H,7-8H2,1-2H3,(H,16,18)(H2,13,14,15). The fourth-order valence-corrected chi connectivity index (χ4v) is 1.89. The predicted octanol–water partition coefficient (Wildman–Crippen LogP) is 0.124. The van der Waals surface area contributed by atoms with Crippen LogP contribution in [-0.2, 0) is 6.54 Å². The van der Waals surface area contributed by atoms with E-state index in [0.717, 1.165) is 11.0 Å². The van der Waals surface area contributed by atoms with E-state index in [2.05, 4.69) is 20.6 Å². The lowest BCUT2D eigenvalue weighted by Crippen LogP contribution is -2.37. The molecule has 0 aliphatic carbocycles. The summed E-state index contributed by atoms with van der Waals surface area (Å²) in [5.74, 6) is 0.711. The van der Waals surface area contributed by atoms with Crippen molar-refractivity contribution in [3.8, 4) is 0 Å². The predicted molar refractivity (Wildman–Crippen MR) is 73.0 cm³/mol. The summed E-state index contributed by atoms with van der Waals surface area (Å²) in [5, 5.41) is 6.04. The topological polar surface area (TPSA) is 74.2 Å². The first-order chi connectivity index (χ1) is 8.76. The third-order valence-electron chi connectivity index (χ3n) is 2.77. The summed E-state index contributed by atoms with van der Waals surface area (Å²) in [6.45, 7) is 1.22. The van der Waals surface area contributed by atoms with Gasteiger partial charge >= 0.3 is 5.69 Å². The van der Waals surface area contributed by atoms with Gasteiger partial charge in [0.2, 0.25) is 0 Å². The van der Waals surface area contributed by atoms with Crippen molar-refractivity contribution in [2.24, 2.45) is 4.99 Å². The Morgan fingerprint density at radius 2 is 2.22 bits per heavy atom. The van der Waals surface area contributed by atoms with Gasteiger partial charge in [-0.25, -0.2) is 4.79 Å². The number of rotatable bonds is 3. The first kappa shape index (κ1) is 12.2. The van der Waals surface area contributed by atoms with Crippen LogP contribution >= 0.6 is 0 Å². The van der Waals surface area contributed by atoms with E-state index in [9.17, 15) is 4.79 Å². The Hall–Kier alpha value is -2.24. The maximum absolute atomic E-state index is 11.8. The number of aromatic amines is 1. The molecule has 0 fully saturated rings. The first-order valence-corrected chi connectivity index (χ1v) is 5.82. The zero-order chi connectivity index (χ0) is 13.0. The van der Waals surface area contributed by atoms with E-state index in [-0.39, 0.29) is 5.69 Å². The number of aromatic nitrogens is 2. The smallest absolute Gasteiger partial charge is 0.326 e. The number of aliphatic imine (C=N–C) groups is 1. The monoisotopic (exact) mass is 247 g/mol. The molecule has 6 heteroatoms. The minimum absolute atomic E-state index is 0.0857. The van der Waals surface area contributed by atoms with Crippen molar-refractivity contribution in [3.05, 3.63) is 34.7 Å². The number of nitrogens with one attached hydrogen (secondary N) is 3. The summed E-state index contributed by atoms with van der Waals surface area (Å²) >= 11 is 0. The third kappa shape index (κ3) is 2.37. The highest BCUT2D eigenvalue weighted by Crippen LogP contribution is 2.07. The summed E-state index contributed by atoms with van der Waals surface area (Å²) in [5.41, 5.74) is 1.70. The van der Waals surface area contributed by atoms with E-state index in [4.69, 9.17) is 0 Å². The first-order valence-electron chi connectivity index (χ1n) is 5.82. The van der Waals surface area contributed by atoms with Gasteiger partial charge in [0, 0.05) is 27.2 Å². The summed E-state index contributed by atoms with van der Waals surface area (Å²) in [6.07, 6.45) is 0. The van der Waals surface area contributed by atoms with Gasteiger partial charge in [0.05, 0.1) is 11.0 Å². The van der Waals surface area contributed by atoms with Gasteiger partial charge in [-0.15, -0.1) is 0 Å². The molecule has 3 N–H and O–H groups in total. The van der Waals surface area contributed by atoms with Gasteiger partial charge in [-0.3, -0.25) is 9.56 Å². The van der Waals surface area contributed by atoms with Crippen LogP contribution in [0.25, 0.3) is 11.0 Å². The molecule has 0 radical (unpaired) electrons. The zero-order valence-electron chi connectivity index (χ0n) is 10.5. The molecule has 0 saturated heterocycles. The number of fused-ring (bicyclic) bond motifs is 1. The van der Waals surface area contributed by atoms with E-state index in [1.807, 2.05) is 24.3 Å². The maximum Gasteiger partial charge on any atom is 0.326 e. The van der Waals surface area contributed by atoms with Crippen LogP contribution in [0.5, 0.6) is 0 Å². The van der Waals surface area contributed by atoms with Crippen LogP contribution in [0.1, 0.15) is 0 Å². The molecule has 1 aromatic carbocycles. The van der Waals surface area contributed by atoms with Crippen molar-refractivity contribution in [1.29, 1.82) is 0 Å². The molecular formula is C12H17N5O. The minimum Gasteiger partial charge on any atom is -0.359 e. The van der Waals surface area contributed by atoms with Crippen molar-refractivity contribution in [2.45, 2.75) is 6.54 Å². The summed E-state index contributed by atoms with van der Waals surface area (Å²) in [7, 11) is 3.50. The van der Waals surface area contributed by atoms with Crippen LogP contribution in [-0.4, -0.2) is 36.2 Å². The average molecular weight is 247 g/mol. The molecule has 0 amide bonds. The van der Waals surface area contributed by atoms with Gasteiger partial charge in [-0.2, -0.15) is 0 Å². The second kappa shape index (κ2) is 5.39. The molecule has 0 unspecified atom stereocenters. The van der Waals surface area contributed by atoms with Gasteiger partial charge in [0.15, 0.2) is 5.96 Å². The Morgan fingerprint density at radius 3 is 2.94 bits per heavy atom. The molecule has 0 spiro atoms. The molecule has 0 atom stereocenters. The highest BCUT2D eigenvalue weighted by molar-refractivity contribution is 5.79. The Kier molecular flexibility index (Phi) is 3.66. The summed E-state index contributed by atoms with van der Waals surface area (Å²) < 4.78 is 1.71. The molecule has 0 bridgehead atoms. The Bertz CT molecular complexity index is 610. The number of benzene rings is 1. The largest absolute Gasteiger partial charge is 0.359 e. The summed E-state index contributed by atoms with van der Waals surface area (Å²) in [6, 6.07) is 7.66.